The fourth-order valence-electron chi connectivity index (χ4n) is 0.949. The minimum atomic E-state index is -0.821. The van der Waals surface area contributed by atoms with Crippen LogP contribution in [0, 0.1) is 6.90 Å². The van der Waals surface area contributed by atoms with Gasteiger partial charge >= 0.3 is 5.97 Å². The molecule has 0 heterocycles. The first kappa shape index (κ1) is 7.35. The van der Waals surface area contributed by atoms with Gasteiger partial charge in [0.15, 0.2) is 0 Å². The van der Waals surface area contributed by atoms with E-state index in [0.717, 1.165) is 11.1 Å². The number of carboxylic acids is 1. The Morgan fingerprint density at radius 3 is 2.50 bits per heavy atom. The van der Waals surface area contributed by atoms with Crippen LogP contribution in [0.1, 0.15) is 25.3 Å². The normalized spacial score (nSPS) is 13.6. The SMILES string of the molecule is [3H]Cc1ccc(C(C)C(=O)O)cc1. The van der Waals surface area contributed by atoms with Gasteiger partial charge in [0.1, 0.15) is 0 Å². The molecule has 64 valence electrons. The van der Waals surface area contributed by atoms with Crippen LogP contribution >= 0.6 is 0 Å². The van der Waals surface area contributed by atoms with Gasteiger partial charge in [-0.2, -0.15) is 0 Å². The molecule has 0 aliphatic carbocycles. The Hall–Kier alpha value is -1.31. The van der Waals surface area contributed by atoms with Crippen molar-refractivity contribution < 1.29 is 11.3 Å². The minimum absolute atomic E-state index is 0.238. The first-order valence-electron chi connectivity index (χ1n) is 4.46. The Bertz CT molecular complexity index is 292. The molecule has 1 N–H and O–H groups in total. The second kappa shape index (κ2) is 3.39. The summed E-state index contributed by atoms with van der Waals surface area (Å²) in [7, 11) is 0. The number of carbonyl (C=O) groups is 1. The monoisotopic (exact) mass is 166 g/mol. The number of carboxylic acid groups (broad SMARTS) is 1. The van der Waals surface area contributed by atoms with E-state index in [4.69, 9.17) is 6.48 Å². The van der Waals surface area contributed by atoms with Crippen LogP contribution in [-0.2, 0) is 4.79 Å². The van der Waals surface area contributed by atoms with Gasteiger partial charge in [-0.15, -0.1) is 0 Å². The summed E-state index contributed by atoms with van der Waals surface area (Å²) in [6, 6.07) is 7.12. The van der Waals surface area contributed by atoms with E-state index in [2.05, 4.69) is 0 Å². The van der Waals surface area contributed by atoms with Gasteiger partial charge in [0.05, 0.1) is 5.92 Å². The van der Waals surface area contributed by atoms with Gasteiger partial charge in [-0.05, 0) is 19.4 Å². The van der Waals surface area contributed by atoms with Crippen LogP contribution < -0.4 is 0 Å². The minimum Gasteiger partial charge on any atom is -0.481 e. The van der Waals surface area contributed by atoms with E-state index in [1.807, 2.05) is 0 Å². The summed E-state index contributed by atoms with van der Waals surface area (Å²) in [5.41, 5.74) is 1.69. The second-order valence-electron chi connectivity index (χ2n) is 2.80. The summed E-state index contributed by atoms with van der Waals surface area (Å²) >= 11 is 0. The first-order chi connectivity index (χ1) is 6.15. The molecule has 0 saturated heterocycles. The number of rotatable bonds is 2. The molecular formula is C10H12O2. The van der Waals surface area contributed by atoms with Crippen LogP contribution in [-0.4, -0.2) is 11.1 Å². The first-order valence-corrected chi connectivity index (χ1v) is 3.76. The van der Waals surface area contributed by atoms with Crippen molar-refractivity contribution in [1.82, 2.24) is 0 Å². The molecular weight excluding hydrogens is 152 g/mol. The number of hydrogen-bond donors (Lipinski definition) is 1. The largest absolute Gasteiger partial charge is 0.481 e. The van der Waals surface area contributed by atoms with Crippen LogP contribution in [0.15, 0.2) is 24.3 Å². The van der Waals surface area contributed by atoms with Crippen molar-refractivity contribution >= 4 is 5.97 Å². The number of benzene rings is 1. The predicted molar refractivity (Wildman–Crippen MR) is 47.2 cm³/mol. The smallest absolute Gasteiger partial charge is 0.310 e. The Labute approximate surface area is 73.3 Å². The molecule has 1 atom stereocenters. The molecule has 1 rings (SSSR count). The summed E-state index contributed by atoms with van der Waals surface area (Å²) < 4.78 is 7.09. The lowest BCUT2D eigenvalue weighted by atomic mass is 10.0. The van der Waals surface area contributed by atoms with Crippen LogP contribution in [0.4, 0.5) is 0 Å². The molecule has 2 nitrogen and oxygen atoms in total. The molecule has 0 aromatic heterocycles. The van der Waals surface area contributed by atoms with Crippen LogP contribution in [0.2, 0.25) is 0 Å². The Kier molecular flexibility index (Phi) is 2.08. The second-order valence-corrected chi connectivity index (χ2v) is 2.80. The van der Waals surface area contributed by atoms with Gasteiger partial charge in [0.2, 0.25) is 0 Å². The lowest BCUT2D eigenvalue weighted by Crippen LogP contribution is -2.06. The maximum atomic E-state index is 10.6. The fourth-order valence-corrected chi connectivity index (χ4v) is 0.949. The van der Waals surface area contributed by atoms with Gasteiger partial charge < -0.3 is 5.11 Å². The van der Waals surface area contributed by atoms with Crippen LogP contribution in [0.25, 0.3) is 0 Å². The molecule has 0 saturated carbocycles. The number of hydrogen-bond acceptors (Lipinski definition) is 1. The molecule has 0 bridgehead atoms. The quantitative estimate of drug-likeness (QED) is 0.731. The Balaban J connectivity index is 2.85. The van der Waals surface area contributed by atoms with Crippen LogP contribution in [0.5, 0.6) is 0 Å². The lowest BCUT2D eigenvalue weighted by molar-refractivity contribution is -0.138. The molecule has 0 spiro atoms. The van der Waals surface area contributed by atoms with Crippen molar-refractivity contribution in [2.45, 2.75) is 19.7 Å². The van der Waals surface area contributed by atoms with Crippen molar-refractivity contribution in [3.8, 4) is 0 Å². The van der Waals surface area contributed by atoms with Gasteiger partial charge in [0.25, 0.3) is 0 Å². The molecule has 1 aromatic rings. The zero-order valence-electron chi connectivity index (χ0n) is 7.95. The van der Waals surface area contributed by atoms with Crippen molar-refractivity contribution in [3.63, 3.8) is 0 Å². The lowest BCUT2D eigenvalue weighted by Gasteiger charge is -2.05. The molecule has 0 amide bonds. The maximum Gasteiger partial charge on any atom is 0.310 e. The molecule has 0 fully saturated rings. The zero-order chi connectivity index (χ0) is 9.84. The molecule has 2 heteroatoms. The van der Waals surface area contributed by atoms with Gasteiger partial charge in [-0.25, -0.2) is 0 Å². The fraction of sp³-hybridized carbons (Fsp3) is 0.300. The van der Waals surface area contributed by atoms with Gasteiger partial charge in [-0.1, -0.05) is 29.8 Å². The Morgan fingerprint density at radius 2 is 2.08 bits per heavy atom. The molecule has 1 aromatic carbocycles. The molecule has 0 aliphatic rings. The maximum absolute atomic E-state index is 10.6. The van der Waals surface area contributed by atoms with E-state index < -0.39 is 11.9 Å². The summed E-state index contributed by atoms with van der Waals surface area (Å²) in [5, 5.41) is 8.72. The average molecular weight is 166 g/mol. The number of aryl methyl sites for hydroxylation is 1. The highest BCUT2D eigenvalue weighted by molar-refractivity contribution is 5.75. The summed E-state index contributed by atoms with van der Waals surface area (Å²) in [5.74, 6) is -1.29. The highest BCUT2D eigenvalue weighted by Crippen LogP contribution is 2.15. The van der Waals surface area contributed by atoms with E-state index in [1.54, 1.807) is 31.2 Å². The Morgan fingerprint density at radius 1 is 1.50 bits per heavy atom. The highest BCUT2D eigenvalue weighted by Gasteiger charge is 2.12. The molecule has 12 heavy (non-hydrogen) atoms. The van der Waals surface area contributed by atoms with E-state index >= 15 is 0 Å². The van der Waals surface area contributed by atoms with E-state index in [-0.39, 0.29) is 6.90 Å². The predicted octanol–water partition coefficient (Wildman–Crippen LogP) is 2.18. The third-order valence-corrected chi connectivity index (χ3v) is 1.85. The topological polar surface area (TPSA) is 37.3 Å². The molecule has 0 radical (unpaired) electrons. The molecule has 0 aliphatic heterocycles. The van der Waals surface area contributed by atoms with Gasteiger partial charge in [-0.3, -0.25) is 4.79 Å². The van der Waals surface area contributed by atoms with E-state index in [9.17, 15) is 4.79 Å². The van der Waals surface area contributed by atoms with Crippen LogP contribution in [0.3, 0.4) is 0 Å². The van der Waals surface area contributed by atoms with Crippen molar-refractivity contribution in [2.75, 3.05) is 0 Å². The zero-order valence-corrected chi connectivity index (χ0v) is 6.95. The van der Waals surface area contributed by atoms with E-state index in [1.165, 1.54) is 0 Å². The summed E-state index contributed by atoms with van der Waals surface area (Å²) in [6.45, 7) is 1.89. The highest BCUT2D eigenvalue weighted by atomic mass is 16.4. The van der Waals surface area contributed by atoms with Crippen molar-refractivity contribution in [3.05, 3.63) is 35.4 Å². The summed E-state index contributed by atoms with van der Waals surface area (Å²) in [4.78, 5) is 10.6. The average Bonchev–Trinajstić information content (AvgIpc) is 2.17. The van der Waals surface area contributed by atoms with E-state index in [0.29, 0.717) is 0 Å². The van der Waals surface area contributed by atoms with Gasteiger partial charge in [0, 0.05) is 1.37 Å². The van der Waals surface area contributed by atoms with Crippen molar-refractivity contribution in [2.24, 2.45) is 0 Å². The number of aliphatic carboxylic acids is 1. The summed E-state index contributed by atoms with van der Waals surface area (Å²) in [6.07, 6.45) is 0. The third-order valence-electron chi connectivity index (χ3n) is 1.85. The third kappa shape index (κ3) is 1.84. The standard InChI is InChI=1S/C10H12O2/c1-7-3-5-9(6-4-7)8(2)10(11)12/h3-6,8H,1-2H3,(H,11,12)/i1T. The molecule has 1 unspecified atom stereocenters. The van der Waals surface area contributed by atoms with Crippen molar-refractivity contribution in [1.29, 1.82) is 0 Å².